The van der Waals surface area contributed by atoms with Crippen LogP contribution >= 0.6 is 0 Å². The molecule has 0 heterocycles. The molecule has 7 heteroatoms. The summed E-state index contributed by atoms with van der Waals surface area (Å²) < 4.78 is 39.3. The minimum atomic E-state index is -3.89. The van der Waals surface area contributed by atoms with Gasteiger partial charge in [0.25, 0.3) is 0 Å². The first-order valence-electron chi connectivity index (χ1n) is 5.32. The molecule has 0 radical (unpaired) electrons. The zero-order chi connectivity index (χ0) is 13.8. The zero-order valence-electron chi connectivity index (χ0n) is 9.85. The lowest BCUT2D eigenvalue weighted by Gasteiger charge is -2.09. The monoisotopic (exact) mass is 271 g/mol. The Labute approximate surface area is 105 Å². The third kappa shape index (κ3) is 3.50. The first kappa shape index (κ1) is 14.6. The van der Waals surface area contributed by atoms with Crippen molar-refractivity contribution in [3.63, 3.8) is 0 Å². The van der Waals surface area contributed by atoms with Crippen LogP contribution in [0.1, 0.15) is 18.9 Å². The van der Waals surface area contributed by atoms with Crippen LogP contribution in [0.25, 0.3) is 0 Å². The van der Waals surface area contributed by atoms with E-state index in [1.807, 2.05) is 0 Å². The Morgan fingerprint density at radius 1 is 1.56 bits per heavy atom. The maximum absolute atomic E-state index is 13.3. The van der Waals surface area contributed by atoms with Crippen molar-refractivity contribution in [2.45, 2.75) is 24.3 Å². The summed E-state index contributed by atoms with van der Waals surface area (Å²) in [6, 6.07) is 4.89. The highest BCUT2D eigenvalue weighted by atomic mass is 32.2. The molecular formula is C11H14FN3O2S. The SMILES string of the molecule is CC(N)CCNS(=O)(=O)c1cccc(F)c1C#N. The molecular weight excluding hydrogens is 257 g/mol. The smallest absolute Gasteiger partial charge is 0.241 e. The average Bonchev–Trinajstić information content (AvgIpc) is 2.27. The van der Waals surface area contributed by atoms with Gasteiger partial charge in [0, 0.05) is 12.6 Å². The summed E-state index contributed by atoms with van der Waals surface area (Å²) in [7, 11) is -3.89. The van der Waals surface area contributed by atoms with E-state index in [1.165, 1.54) is 12.1 Å². The summed E-state index contributed by atoms with van der Waals surface area (Å²) in [5.41, 5.74) is 5.01. The van der Waals surface area contributed by atoms with E-state index in [4.69, 9.17) is 11.0 Å². The van der Waals surface area contributed by atoms with Crippen LogP contribution in [0.4, 0.5) is 4.39 Å². The van der Waals surface area contributed by atoms with E-state index in [0.717, 1.165) is 6.07 Å². The molecule has 0 amide bonds. The average molecular weight is 271 g/mol. The largest absolute Gasteiger partial charge is 0.328 e. The lowest BCUT2D eigenvalue weighted by Crippen LogP contribution is -2.29. The van der Waals surface area contributed by atoms with Gasteiger partial charge in [-0.3, -0.25) is 0 Å². The summed E-state index contributed by atoms with van der Waals surface area (Å²) in [6.45, 7) is 1.89. The molecule has 0 bridgehead atoms. The number of sulfonamides is 1. The van der Waals surface area contributed by atoms with Crippen LogP contribution in [0.3, 0.4) is 0 Å². The van der Waals surface area contributed by atoms with E-state index in [9.17, 15) is 12.8 Å². The van der Waals surface area contributed by atoms with Crippen LogP contribution in [0.5, 0.6) is 0 Å². The van der Waals surface area contributed by atoms with Crippen LogP contribution in [-0.4, -0.2) is 21.0 Å². The first-order chi connectivity index (χ1) is 8.38. The predicted molar refractivity (Wildman–Crippen MR) is 64.6 cm³/mol. The van der Waals surface area contributed by atoms with Gasteiger partial charge in [0.2, 0.25) is 10.0 Å². The number of hydrogen-bond donors (Lipinski definition) is 2. The molecule has 0 aliphatic heterocycles. The van der Waals surface area contributed by atoms with Gasteiger partial charge in [0.1, 0.15) is 22.3 Å². The second kappa shape index (κ2) is 5.91. The molecule has 5 nitrogen and oxygen atoms in total. The molecule has 18 heavy (non-hydrogen) atoms. The molecule has 0 spiro atoms. The van der Waals surface area contributed by atoms with Crippen molar-refractivity contribution >= 4 is 10.0 Å². The molecule has 1 aromatic rings. The Hall–Kier alpha value is -1.49. The predicted octanol–water partition coefficient (Wildman–Crippen LogP) is 0.713. The number of nitrogens with one attached hydrogen (secondary N) is 1. The van der Waals surface area contributed by atoms with E-state index in [0.29, 0.717) is 6.42 Å². The molecule has 3 N–H and O–H groups in total. The number of nitrogens with two attached hydrogens (primary N) is 1. The van der Waals surface area contributed by atoms with Gasteiger partial charge in [-0.25, -0.2) is 17.5 Å². The molecule has 0 fully saturated rings. The minimum absolute atomic E-state index is 0.140. The first-order valence-corrected chi connectivity index (χ1v) is 6.80. The van der Waals surface area contributed by atoms with Crippen LogP contribution in [0, 0.1) is 17.1 Å². The molecule has 0 saturated carbocycles. The Kier molecular flexibility index (Phi) is 4.78. The van der Waals surface area contributed by atoms with Gasteiger partial charge in [0.05, 0.1) is 0 Å². The highest BCUT2D eigenvalue weighted by Gasteiger charge is 2.20. The molecule has 1 aromatic carbocycles. The van der Waals surface area contributed by atoms with Gasteiger partial charge in [-0.1, -0.05) is 6.07 Å². The molecule has 1 atom stereocenters. The lowest BCUT2D eigenvalue weighted by molar-refractivity contribution is 0.568. The van der Waals surface area contributed by atoms with E-state index in [1.54, 1.807) is 13.0 Å². The summed E-state index contributed by atoms with van der Waals surface area (Å²) in [5.74, 6) is -0.854. The highest BCUT2D eigenvalue weighted by Crippen LogP contribution is 2.17. The van der Waals surface area contributed by atoms with E-state index in [2.05, 4.69) is 4.72 Å². The van der Waals surface area contributed by atoms with Crippen LogP contribution in [-0.2, 0) is 10.0 Å². The van der Waals surface area contributed by atoms with Gasteiger partial charge >= 0.3 is 0 Å². The number of nitrogens with zero attached hydrogens (tertiary/aromatic N) is 1. The van der Waals surface area contributed by atoms with Gasteiger partial charge in [-0.2, -0.15) is 5.26 Å². The molecule has 0 aromatic heterocycles. The van der Waals surface area contributed by atoms with E-state index in [-0.39, 0.29) is 17.5 Å². The fraction of sp³-hybridized carbons (Fsp3) is 0.364. The summed E-state index contributed by atoms with van der Waals surface area (Å²) in [4.78, 5) is -0.352. The van der Waals surface area contributed by atoms with Crippen LogP contribution in [0.15, 0.2) is 23.1 Å². The topological polar surface area (TPSA) is 96.0 Å². The Balaban J connectivity index is 3.00. The standard InChI is InChI=1S/C11H14FN3O2S/c1-8(14)5-6-15-18(16,17)11-4-2-3-10(12)9(11)7-13/h2-4,8,15H,5-6,14H2,1H3. The molecule has 1 rings (SSSR count). The van der Waals surface area contributed by atoms with Gasteiger partial charge in [-0.05, 0) is 25.5 Å². The van der Waals surface area contributed by atoms with Gasteiger partial charge < -0.3 is 5.73 Å². The summed E-state index contributed by atoms with van der Waals surface area (Å²) in [6.07, 6.45) is 0.455. The summed E-state index contributed by atoms with van der Waals surface area (Å²) >= 11 is 0. The van der Waals surface area contributed by atoms with Crippen molar-refractivity contribution in [3.05, 3.63) is 29.6 Å². The van der Waals surface area contributed by atoms with Crippen molar-refractivity contribution in [1.82, 2.24) is 4.72 Å². The van der Waals surface area contributed by atoms with Crippen molar-refractivity contribution in [3.8, 4) is 6.07 Å². The number of hydrogen-bond acceptors (Lipinski definition) is 4. The Morgan fingerprint density at radius 3 is 2.78 bits per heavy atom. The molecule has 0 aliphatic carbocycles. The molecule has 1 unspecified atom stereocenters. The quantitative estimate of drug-likeness (QED) is 0.824. The third-order valence-electron chi connectivity index (χ3n) is 2.27. The summed E-state index contributed by atoms with van der Waals surface area (Å²) in [5, 5.41) is 8.77. The minimum Gasteiger partial charge on any atom is -0.328 e. The molecule has 0 aliphatic rings. The third-order valence-corrected chi connectivity index (χ3v) is 3.77. The second-order valence-electron chi connectivity index (χ2n) is 3.89. The zero-order valence-corrected chi connectivity index (χ0v) is 10.7. The maximum Gasteiger partial charge on any atom is 0.241 e. The fourth-order valence-corrected chi connectivity index (χ4v) is 2.55. The number of halogens is 1. The maximum atomic E-state index is 13.3. The number of nitriles is 1. The number of rotatable bonds is 5. The van der Waals surface area contributed by atoms with E-state index >= 15 is 0 Å². The van der Waals surface area contributed by atoms with Crippen molar-refractivity contribution < 1.29 is 12.8 Å². The number of benzene rings is 1. The van der Waals surface area contributed by atoms with Crippen molar-refractivity contribution in [2.24, 2.45) is 5.73 Å². The molecule has 0 saturated heterocycles. The highest BCUT2D eigenvalue weighted by molar-refractivity contribution is 7.89. The van der Waals surface area contributed by atoms with Crippen molar-refractivity contribution in [1.29, 1.82) is 5.26 Å². The normalized spacial score (nSPS) is 13.0. The van der Waals surface area contributed by atoms with Crippen LogP contribution in [0.2, 0.25) is 0 Å². The second-order valence-corrected chi connectivity index (χ2v) is 5.62. The Morgan fingerprint density at radius 2 is 2.22 bits per heavy atom. The fourth-order valence-electron chi connectivity index (χ4n) is 1.34. The van der Waals surface area contributed by atoms with Crippen molar-refractivity contribution in [2.75, 3.05) is 6.54 Å². The van der Waals surface area contributed by atoms with Crippen LogP contribution < -0.4 is 10.5 Å². The van der Waals surface area contributed by atoms with Gasteiger partial charge in [0.15, 0.2) is 0 Å². The van der Waals surface area contributed by atoms with Gasteiger partial charge in [-0.15, -0.1) is 0 Å². The Bertz CT molecular complexity index is 564. The lowest BCUT2D eigenvalue weighted by atomic mass is 10.2. The van der Waals surface area contributed by atoms with E-state index < -0.39 is 21.4 Å². The molecule has 98 valence electrons.